The van der Waals surface area contributed by atoms with Crippen molar-refractivity contribution in [3.63, 3.8) is 0 Å². The Hall–Kier alpha value is -1.17. The molecule has 0 atom stereocenters. The van der Waals surface area contributed by atoms with E-state index in [2.05, 4.69) is 0 Å². The van der Waals surface area contributed by atoms with Crippen LogP contribution in [0.2, 0.25) is 0 Å². The van der Waals surface area contributed by atoms with Gasteiger partial charge in [0.1, 0.15) is 0 Å². The van der Waals surface area contributed by atoms with Crippen LogP contribution in [0.4, 0.5) is 22.0 Å². The minimum Gasteiger partial charge on any atom is -0.276 e. The van der Waals surface area contributed by atoms with Gasteiger partial charge in [0.05, 0.1) is 5.56 Å². The Morgan fingerprint density at radius 1 is 1.19 bits per heavy atom. The predicted octanol–water partition coefficient (Wildman–Crippen LogP) is 4.02. The average molecular weight is 259 g/mol. The van der Waals surface area contributed by atoms with Crippen molar-refractivity contribution < 1.29 is 26.7 Å². The molecule has 0 aliphatic carbocycles. The van der Waals surface area contributed by atoms with E-state index in [1.807, 2.05) is 0 Å². The maximum Gasteiger partial charge on any atom is 0.416 e. The summed E-state index contributed by atoms with van der Waals surface area (Å²) >= 11 is 4.95. The molecule has 0 N–H and O–H groups in total. The van der Waals surface area contributed by atoms with E-state index < -0.39 is 34.5 Å². The Balaban J connectivity index is 3.36. The van der Waals surface area contributed by atoms with Crippen molar-refractivity contribution in [3.05, 3.63) is 34.9 Å². The molecule has 0 radical (unpaired) electrons. The summed E-state index contributed by atoms with van der Waals surface area (Å²) in [7, 11) is 0. The van der Waals surface area contributed by atoms with Gasteiger partial charge in [-0.25, -0.2) is 8.78 Å². The lowest BCUT2D eigenvalue weighted by molar-refractivity contribution is -0.137. The quantitative estimate of drug-likeness (QED) is 0.578. The van der Waals surface area contributed by atoms with Crippen LogP contribution in [0.25, 0.3) is 0 Å². The number of hydrogen-bond acceptors (Lipinski definition) is 1. The molecule has 0 heterocycles. The molecule has 0 aromatic heterocycles. The molecular weight excluding hydrogens is 255 g/mol. The van der Waals surface area contributed by atoms with Crippen molar-refractivity contribution in [1.82, 2.24) is 0 Å². The fourth-order valence-corrected chi connectivity index (χ4v) is 1.16. The van der Waals surface area contributed by atoms with E-state index in [4.69, 9.17) is 11.6 Å². The van der Waals surface area contributed by atoms with Crippen molar-refractivity contribution in [1.29, 1.82) is 0 Å². The second kappa shape index (κ2) is 4.37. The summed E-state index contributed by atoms with van der Waals surface area (Å²) in [5.41, 5.74) is -2.82. The maximum absolute atomic E-state index is 12.3. The lowest BCUT2D eigenvalue weighted by Crippen LogP contribution is -2.07. The van der Waals surface area contributed by atoms with Gasteiger partial charge in [0, 0.05) is 11.1 Å². The number of hydrogen-bond donors (Lipinski definition) is 0. The molecule has 0 saturated heterocycles. The summed E-state index contributed by atoms with van der Waals surface area (Å²) in [5.74, 6) is 0. The average Bonchev–Trinajstić information content (AvgIpc) is 2.15. The van der Waals surface area contributed by atoms with E-state index >= 15 is 0 Å². The van der Waals surface area contributed by atoms with Gasteiger partial charge < -0.3 is 0 Å². The summed E-state index contributed by atoms with van der Waals surface area (Å²) in [5, 5.41) is -1.21. The van der Waals surface area contributed by atoms with Crippen molar-refractivity contribution in [2.24, 2.45) is 0 Å². The first kappa shape index (κ1) is 12.9. The Bertz CT molecular complexity index is 413. The van der Waals surface area contributed by atoms with E-state index in [-0.39, 0.29) is 6.07 Å². The molecule has 1 nitrogen and oxygen atoms in total. The van der Waals surface area contributed by atoms with E-state index in [1.165, 1.54) is 0 Å². The van der Waals surface area contributed by atoms with E-state index in [0.717, 1.165) is 0 Å². The van der Waals surface area contributed by atoms with Gasteiger partial charge in [-0.3, -0.25) is 4.79 Å². The van der Waals surface area contributed by atoms with Crippen LogP contribution < -0.4 is 0 Å². The molecule has 0 unspecified atom stereocenters. The van der Waals surface area contributed by atoms with Gasteiger partial charge in [-0.05, 0) is 29.8 Å². The van der Waals surface area contributed by atoms with E-state index in [9.17, 15) is 26.7 Å². The molecule has 0 aliphatic rings. The molecule has 0 saturated carbocycles. The number of benzene rings is 1. The zero-order chi connectivity index (χ0) is 12.5. The molecule has 0 aliphatic heterocycles. The molecule has 7 heteroatoms. The largest absolute Gasteiger partial charge is 0.416 e. The summed E-state index contributed by atoms with van der Waals surface area (Å²) in [6, 6.07) is 1.35. The first-order chi connectivity index (χ1) is 7.21. The summed E-state index contributed by atoms with van der Waals surface area (Å²) < 4.78 is 61.3. The topological polar surface area (TPSA) is 17.1 Å². The maximum atomic E-state index is 12.3. The molecule has 0 amide bonds. The van der Waals surface area contributed by atoms with Crippen LogP contribution in [0.3, 0.4) is 0 Å². The number of alkyl halides is 5. The van der Waals surface area contributed by atoms with Gasteiger partial charge in [-0.2, -0.15) is 13.2 Å². The molecule has 1 aromatic rings. The SMILES string of the molecule is O=C(Cl)c1cc(C(F)F)cc(C(F)(F)F)c1. The highest BCUT2D eigenvalue weighted by molar-refractivity contribution is 6.67. The lowest BCUT2D eigenvalue weighted by atomic mass is 10.1. The number of carbonyl (C=O) groups is 1. The van der Waals surface area contributed by atoms with Crippen molar-refractivity contribution in [2.75, 3.05) is 0 Å². The molecule has 0 fully saturated rings. The Morgan fingerprint density at radius 3 is 2.12 bits per heavy atom. The molecule has 16 heavy (non-hydrogen) atoms. The normalized spacial score (nSPS) is 11.9. The monoisotopic (exact) mass is 258 g/mol. The van der Waals surface area contributed by atoms with E-state index in [0.29, 0.717) is 12.1 Å². The highest BCUT2D eigenvalue weighted by Crippen LogP contribution is 2.33. The van der Waals surface area contributed by atoms with Crippen molar-refractivity contribution in [2.45, 2.75) is 12.6 Å². The molecule has 0 bridgehead atoms. The first-order valence-corrected chi connectivity index (χ1v) is 4.30. The fourth-order valence-electron chi connectivity index (χ4n) is 1.05. The third kappa shape index (κ3) is 2.91. The summed E-state index contributed by atoms with van der Waals surface area (Å²) in [6.07, 6.45) is -7.90. The Kier molecular flexibility index (Phi) is 3.52. The smallest absolute Gasteiger partial charge is 0.276 e. The van der Waals surface area contributed by atoms with Crippen LogP contribution in [-0.2, 0) is 6.18 Å². The third-order valence-electron chi connectivity index (χ3n) is 1.76. The zero-order valence-corrected chi connectivity index (χ0v) is 8.24. The minimum absolute atomic E-state index is 0.286. The Morgan fingerprint density at radius 2 is 1.75 bits per heavy atom. The molecule has 0 spiro atoms. The van der Waals surface area contributed by atoms with Crippen molar-refractivity contribution in [3.8, 4) is 0 Å². The minimum atomic E-state index is -4.80. The molecule has 1 rings (SSSR count). The molecule has 88 valence electrons. The first-order valence-electron chi connectivity index (χ1n) is 3.92. The van der Waals surface area contributed by atoms with Crippen LogP contribution in [0, 0.1) is 0 Å². The van der Waals surface area contributed by atoms with Gasteiger partial charge in [-0.1, -0.05) is 0 Å². The van der Waals surface area contributed by atoms with Crippen LogP contribution in [-0.4, -0.2) is 5.24 Å². The van der Waals surface area contributed by atoms with Crippen LogP contribution in [0.1, 0.15) is 27.9 Å². The third-order valence-corrected chi connectivity index (χ3v) is 1.98. The number of halogens is 6. The van der Waals surface area contributed by atoms with Crippen LogP contribution in [0.5, 0.6) is 0 Å². The van der Waals surface area contributed by atoms with Gasteiger partial charge >= 0.3 is 6.18 Å². The standard InChI is InChI=1S/C9H4ClF5O/c10-7(16)4-1-5(8(11)12)3-6(2-4)9(13,14)15/h1-3,8H. The lowest BCUT2D eigenvalue weighted by Gasteiger charge is -2.10. The second-order valence-electron chi connectivity index (χ2n) is 2.92. The van der Waals surface area contributed by atoms with E-state index in [1.54, 1.807) is 0 Å². The highest BCUT2D eigenvalue weighted by atomic mass is 35.5. The van der Waals surface area contributed by atoms with Gasteiger partial charge in [0.15, 0.2) is 0 Å². The Labute approximate surface area is 91.8 Å². The zero-order valence-electron chi connectivity index (χ0n) is 7.49. The van der Waals surface area contributed by atoms with Crippen LogP contribution in [0.15, 0.2) is 18.2 Å². The highest BCUT2D eigenvalue weighted by Gasteiger charge is 2.32. The molecule has 1 aromatic carbocycles. The van der Waals surface area contributed by atoms with Gasteiger partial charge in [-0.15, -0.1) is 0 Å². The second-order valence-corrected chi connectivity index (χ2v) is 3.26. The van der Waals surface area contributed by atoms with Crippen molar-refractivity contribution >= 4 is 16.8 Å². The number of carbonyl (C=O) groups excluding carboxylic acids is 1. The summed E-state index contributed by atoms with van der Waals surface area (Å²) in [6.45, 7) is 0. The predicted molar refractivity (Wildman–Crippen MR) is 46.6 cm³/mol. The molecular formula is C9H4ClF5O. The van der Waals surface area contributed by atoms with Gasteiger partial charge in [0.25, 0.3) is 11.7 Å². The summed E-state index contributed by atoms with van der Waals surface area (Å²) in [4.78, 5) is 10.7. The van der Waals surface area contributed by atoms with Gasteiger partial charge in [0.2, 0.25) is 0 Å². The van der Waals surface area contributed by atoms with Crippen LogP contribution >= 0.6 is 11.6 Å². The number of rotatable bonds is 2. The fraction of sp³-hybridized carbons (Fsp3) is 0.222.